The Morgan fingerprint density at radius 1 is 1.38 bits per heavy atom. The summed E-state index contributed by atoms with van der Waals surface area (Å²) in [6.07, 6.45) is 0. The number of alkyl halides is 1. The van der Waals surface area contributed by atoms with Crippen molar-refractivity contribution in [1.29, 1.82) is 0 Å². The Kier molecular flexibility index (Phi) is 2.89. The summed E-state index contributed by atoms with van der Waals surface area (Å²) in [5.74, 6) is 0.148. The molecule has 1 atom stereocenters. The number of nitrogens with zero attached hydrogens (tertiary/aromatic N) is 1. The molecule has 1 aromatic heterocycles. The van der Waals surface area contributed by atoms with Gasteiger partial charge in [-0.3, -0.25) is 4.79 Å². The molecule has 0 spiro atoms. The molecule has 0 radical (unpaired) electrons. The van der Waals surface area contributed by atoms with Crippen molar-refractivity contribution in [3.63, 3.8) is 0 Å². The van der Waals surface area contributed by atoms with Gasteiger partial charge in [-0.15, -0.1) is 0 Å². The second kappa shape index (κ2) is 4.06. The fourth-order valence-electron chi connectivity index (χ4n) is 2.03. The van der Waals surface area contributed by atoms with Crippen molar-refractivity contribution in [1.82, 2.24) is 4.57 Å². The zero-order valence-electron chi connectivity index (χ0n) is 9.62. The van der Waals surface area contributed by atoms with Gasteiger partial charge >= 0.3 is 0 Å². The second-order valence-electron chi connectivity index (χ2n) is 4.02. The number of hydrogen-bond acceptors (Lipinski definition) is 1. The number of rotatable bonds is 2. The lowest BCUT2D eigenvalue weighted by atomic mass is 10.1. The van der Waals surface area contributed by atoms with E-state index in [2.05, 4.69) is 20.5 Å². The van der Waals surface area contributed by atoms with Crippen LogP contribution in [0.4, 0.5) is 0 Å². The zero-order valence-corrected chi connectivity index (χ0v) is 11.2. The first-order valence-electron chi connectivity index (χ1n) is 5.26. The molecule has 84 valence electrons. The summed E-state index contributed by atoms with van der Waals surface area (Å²) in [4.78, 5) is 12.0. The third-order valence-electron chi connectivity index (χ3n) is 3.01. The Morgan fingerprint density at radius 2 is 2.00 bits per heavy atom. The number of Topliss-reactive ketones (excluding diaryl/α,β-unsaturated/α-hetero) is 1. The number of para-hydroxylation sites is 1. The zero-order chi connectivity index (χ0) is 11.9. The number of aromatic nitrogens is 1. The molecule has 2 aromatic rings. The van der Waals surface area contributed by atoms with E-state index in [1.165, 1.54) is 0 Å². The molecular weight excluding hydrogens is 266 g/mol. The lowest BCUT2D eigenvalue weighted by Crippen LogP contribution is -2.11. The summed E-state index contributed by atoms with van der Waals surface area (Å²) in [5.41, 5.74) is 2.97. The van der Waals surface area contributed by atoms with Gasteiger partial charge in [0.05, 0.1) is 4.83 Å². The molecule has 1 heterocycles. The van der Waals surface area contributed by atoms with Gasteiger partial charge in [0, 0.05) is 29.2 Å². The smallest absolute Gasteiger partial charge is 0.178 e. The van der Waals surface area contributed by atoms with Crippen LogP contribution in [0.5, 0.6) is 0 Å². The highest BCUT2D eigenvalue weighted by Gasteiger charge is 2.20. The molecule has 16 heavy (non-hydrogen) atoms. The van der Waals surface area contributed by atoms with E-state index in [0.717, 1.165) is 22.2 Å². The second-order valence-corrected chi connectivity index (χ2v) is 5.39. The first kappa shape index (κ1) is 11.4. The molecule has 0 aliphatic rings. The molecule has 1 aromatic carbocycles. The monoisotopic (exact) mass is 279 g/mol. The highest BCUT2D eigenvalue weighted by Crippen LogP contribution is 2.26. The van der Waals surface area contributed by atoms with Crippen LogP contribution >= 0.6 is 15.9 Å². The maximum absolute atomic E-state index is 12.1. The van der Waals surface area contributed by atoms with Crippen molar-refractivity contribution < 1.29 is 4.79 Å². The number of carbonyl (C=O) groups excluding carboxylic acids is 1. The molecule has 0 N–H and O–H groups in total. The van der Waals surface area contributed by atoms with Gasteiger partial charge in [-0.2, -0.15) is 0 Å². The van der Waals surface area contributed by atoms with Gasteiger partial charge in [0.1, 0.15) is 0 Å². The molecule has 2 nitrogen and oxygen atoms in total. The molecule has 1 unspecified atom stereocenters. The largest absolute Gasteiger partial charge is 0.347 e. The van der Waals surface area contributed by atoms with E-state index in [1.807, 2.05) is 45.2 Å². The summed E-state index contributed by atoms with van der Waals surface area (Å²) in [6, 6.07) is 8.01. The van der Waals surface area contributed by atoms with Gasteiger partial charge in [-0.25, -0.2) is 0 Å². The normalized spacial score (nSPS) is 13.0. The van der Waals surface area contributed by atoms with Crippen LogP contribution in [0.25, 0.3) is 10.9 Å². The van der Waals surface area contributed by atoms with Gasteiger partial charge in [-0.05, 0) is 19.9 Å². The average Bonchev–Trinajstić information content (AvgIpc) is 2.52. The van der Waals surface area contributed by atoms with Gasteiger partial charge < -0.3 is 4.57 Å². The third kappa shape index (κ3) is 1.59. The van der Waals surface area contributed by atoms with Crippen molar-refractivity contribution in [2.75, 3.05) is 0 Å². The van der Waals surface area contributed by atoms with Crippen LogP contribution in [0.3, 0.4) is 0 Å². The van der Waals surface area contributed by atoms with Crippen molar-refractivity contribution >= 4 is 32.6 Å². The van der Waals surface area contributed by atoms with E-state index in [9.17, 15) is 4.79 Å². The fourth-order valence-corrected chi connectivity index (χ4v) is 2.26. The Balaban J connectivity index is 2.79. The highest BCUT2D eigenvalue weighted by atomic mass is 79.9. The van der Waals surface area contributed by atoms with Crippen molar-refractivity contribution in [3.05, 3.63) is 35.5 Å². The number of fused-ring (bicyclic) bond motifs is 1. The Bertz CT molecular complexity index is 554. The molecule has 0 saturated carbocycles. The van der Waals surface area contributed by atoms with E-state index in [4.69, 9.17) is 0 Å². The Morgan fingerprint density at radius 3 is 2.62 bits per heavy atom. The maximum atomic E-state index is 12.1. The Labute approximate surface area is 103 Å². The predicted molar refractivity (Wildman–Crippen MR) is 70.4 cm³/mol. The molecule has 0 bridgehead atoms. The van der Waals surface area contributed by atoms with Crippen LogP contribution in [-0.4, -0.2) is 15.2 Å². The van der Waals surface area contributed by atoms with Crippen molar-refractivity contribution in [2.45, 2.75) is 18.7 Å². The quantitative estimate of drug-likeness (QED) is 0.610. The third-order valence-corrected chi connectivity index (χ3v) is 3.42. The van der Waals surface area contributed by atoms with Crippen LogP contribution in [0.15, 0.2) is 24.3 Å². The lowest BCUT2D eigenvalue weighted by molar-refractivity contribution is 0.0996. The van der Waals surface area contributed by atoms with Gasteiger partial charge in [0.2, 0.25) is 0 Å². The van der Waals surface area contributed by atoms with E-state index in [1.54, 1.807) is 0 Å². The minimum Gasteiger partial charge on any atom is -0.347 e. The molecule has 0 aliphatic heterocycles. The number of halogens is 1. The average molecular weight is 280 g/mol. The minimum atomic E-state index is -0.142. The van der Waals surface area contributed by atoms with E-state index < -0.39 is 0 Å². The van der Waals surface area contributed by atoms with Crippen LogP contribution in [-0.2, 0) is 7.05 Å². The van der Waals surface area contributed by atoms with E-state index in [0.29, 0.717) is 0 Å². The van der Waals surface area contributed by atoms with Crippen LogP contribution < -0.4 is 0 Å². The maximum Gasteiger partial charge on any atom is 0.178 e. The number of ketones is 1. The van der Waals surface area contributed by atoms with Crippen LogP contribution in [0.1, 0.15) is 23.0 Å². The first-order chi connectivity index (χ1) is 7.54. The topological polar surface area (TPSA) is 22.0 Å². The molecule has 3 heteroatoms. The van der Waals surface area contributed by atoms with Gasteiger partial charge in [-0.1, -0.05) is 34.1 Å². The fraction of sp³-hybridized carbons (Fsp3) is 0.308. The number of benzene rings is 1. The van der Waals surface area contributed by atoms with E-state index in [-0.39, 0.29) is 10.6 Å². The molecule has 0 fully saturated rings. The summed E-state index contributed by atoms with van der Waals surface area (Å²) in [5, 5.41) is 1.04. The summed E-state index contributed by atoms with van der Waals surface area (Å²) in [7, 11) is 1.99. The number of aryl methyl sites for hydroxylation is 1. The van der Waals surface area contributed by atoms with Gasteiger partial charge in [0.25, 0.3) is 0 Å². The van der Waals surface area contributed by atoms with Crippen LogP contribution in [0, 0.1) is 6.92 Å². The summed E-state index contributed by atoms with van der Waals surface area (Å²) >= 11 is 3.35. The standard InChI is InChI=1S/C13H14BrNO/c1-8(14)13(16)12-9(2)15(3)11-7-5-4-6-10(11)12/h4-8H,1-3H3. The summed E-state index contributed by atoms with van der Waals surface area (Å²) in [6.45, 7) is 3.85. The first-order valence-corrected chi connectivity index (χ1v) is 6.18. The SMILES string of the molecule is Cc1c(C(=O)C(C)Br)c2ccccc2n1C. The van der Waals surface area contributed by atoms with Crippen molar-refractivity contribution in [2.24, 2.45) is 7.05 Å². The van der Waals surface area contributed by atoms with E-state index >= 15 is 0 Å². The van der Waals surface area contributed by atoms with Crippen molar-refractivity contribution in [3.8, 4) is 0 Å². The molecule has 0 amide bonds. The number of hydrogen-bond donors (Lipinski definition) is 0. The highest BCUT2D eigenvalue weighted by molar-refractivity contribution is 9.10. The Hall–Kier alpha value is -1.09. The van der Waals surface area contributed by atoms with Gasteiger partial charge in [0.15, 0.2) is 5.78 Å². The molecule has 2 rings (SSSR count). The number of carbonyl (C=O) groups is 1. The summed E-state index contributed by atoms with van der Waals surface area (Å²) < 4.78 is 2.07. The molecule has 0 saturated heterocycles. The lowest BCUT2D eigenvalue weighted by Gasteiger charge is -2.03. The predicted octanol–water partition coefficient (Wildman–Crippen LogP) is 3.45. The molecular formula is C13H14BrNO. The van der Waals surface area contributed by atoms with Crippen LogP contribution in [0.2, 0.25) is 0 Å². The molecule has 0 aliphatic carbocycles. The minimum absolute atomic E-state index is 0.142.